The Morgan fingerprint density at radius 3 is 1.17 bits per heavy atom. The van der Waals surface area contributed by atoms with Crippen molar-refractivity contribution >= 4 is 0 Å². The number of aliphatic hydroxyl groups is 2. The monoisotopic (exact) mass is 315 g/mol. The SMILES string of the molecule is OCCO.[CH3-].[U]. The van der Waals surface area contributed by atoms with E-state index in [1.54, 1.807) is 0 Å². The van der Waals surface area contributed by atoms with Crippen LogP contribution in [0.25, 0.3) is 0 Å². The van der Waals surface area contributed by atoms with Gasteiger partial charge in [0, 0.05) is 31.1 Å². The third kappa shape index (κ3) is 20.2. The molecule has 0 saturated carbocycles. The fourth-order valence-corrected chi connectivity index (χ4v) is 0. The van der Waals surface area contributed by atoms with E-state index < -0.39 is 0 Å². The van der Waals surface area contributed by atoms with E-state index in [1.807, 2.05) is 0 Å². The summed E-state index contributed by atoms with van der Waals surface area (Å²) in [7, 11) is 0. The standard InChI is InChI=1S/C2H6O2.CH3.U/c3-1-2-4;;/h3-4H,1-2H2;1H3;/q;-1;. The van der Waals surface area contributed by atoms with Crippen molar-refractivity contribution in [2.75, 3.05) is 13.2 Å². The molecule has 3 heteroatoms. The van der Waals surface area contributed by atoms with Crippen molar-refractivity contribution in [2.45, 2.75) is 0 Å². The van der Waals surface area contributed by atoms with Gasteiger partial charge in [-0.25, -0.2) is 0 Å². The van der Waals surface area contributed by atoms with Gasteiger partial charge < -0.3 is 17.6 Å². The average Bonchev–Trinajstić information content (AvgIpc) is 1.37. The summed E-state index contributed by atoms with van der Waals surface area (Å²) in [5.41, 5.74) is 0. The van der Waals surface area contributed by atoms with Gasteiger partial charge in [-0.2, -0.15) is 0 Å². The van der Waals surface area contributed by atoms with Crippen LogP contribution >= 0.6 is 0 Å². The van der Waals surface area contributed by atoms with Crippen LogP contribution in [0.1, 0.15) is 0 Å². The smallest absolute Gasteiger partial charge is 0.0662 e. The number of rotatable bonds is 1. The van der Waals surface area contributed by atoms with Gasteiger partial charge in [0.15, 0.2) is 0 Å². The Labute approximate surface area is 61.9 Å². The van der Waals surface area contributed by atoms with Crippen molar-refractivity contribution in [1.29, 1.82) is 0 Å². The van der Waals surface area contributed by atoms with Crippen LogP contribution in [0.2, 0.25) is 0 Å². The van der Waals surface area contributed by atoms with E-state index >= 15 is 0 Å². The molecule has 0 rings (SSSR count). The van der Waals surface area contributed by atoms with Crippen molar-refractivity contribution in [3.05, 3.63) is 7.43 Å². The molecule has 0 amide bonds. The Morgan fingerprint density at radius 1 is 1.00 bits per heavy atom. The van der Waals surface area contributed by atoms with E-state index in [-0.39, 0.29) is 51.8 Å². The van der Waals surface area contributed by atoms with Gasteiger partial charge in [-0.3, -0.25) is 0 Å². The first-order valence-electron chi connectivity index (χ1n) is 1.13. The molecule has 0 aliphatic heterocycles. The third-order valence-corrected chi connectivity index (χ3v) is 0.1000. The van der Waals surface area contributed by atoms with E-state index in [9.17, 15) is 0 Å². The van der Waals surface area contributed by atoms with Gasteiger partial charge in [-0.15, -0.1) is 0 Å². The molecule has 0 radical (unpaired) electrons. The average molecular weight is 315 g/mol. The molecular formula is C3H9O2U-. The van der Waals surface area contributed by atoms with Crippen LogP contribution < -0.4 is 0 Å². The normalized spacial score (nSPS) is 5.00. The molecule has 0 aromatic carbocycles. The first-order valence-corrected chi connectivity index (χ1v) is 1.13. The van der Waals surface area contributed by atoms with E-state index in [0.29, 0.717) is 0 Å². The number of aliphatic hydroxyl groups excluding tert-OH is 2. The van der Waals surface area contributed by atoms with Crippen LogP contribution in [0.3, 0.4) is 0 Å². The maximum atomic E-state index is 7.62. The van der Waals surface area contributed by atoms with Crippen LogP contribution in [-0.2, 0) is 0 Å². The van der Waals surface area contributed by atoms with Gasteiger partial charge in [0.05, 0.1) is 13.2 Å². The van der Waals surface area contributed by atoms with E-state index in [2.05, 4.69) is 0 Å². The summed E-state index contributed by atoms with van der Waals surface area (Å²) in [4.78, 5) is 0. The fourth-order valence-electron chi connectivity index (χ4n) is 0. The summed E-state index contributed by atoms with van der Waals surface area (Å²) < 4.78 is 0. The predicted molar refractivity (Wildman–Crippen MR) is 20.6 cm³/mol. The van der Waals surface area contributed by atoms with Crippen molar-refractivity contribution in [1.82, 2.24) is 0 Å². The van der Waals surface area contributed by atoms with E-state index in [1.165, 1.54) is 0 Å². The molecule has 2 nitrogen and oxygen atoms in total. The van der Waals surface area contributed by atoms with Crippen LogP contribution in [0, 0.1) is 38.5 Å². The summed E-state index contributed by atoms with van der Waals surface area (Å²) >= 11 is 0. The molecule has 0 aliphatic carbocycles. The second kappa shape index (κ2) is 16.7. The van der Waals surface area contributed by atoms with Crippen LogP contribution in [-0.4, -0.2) is 23.4 Å². The minimum absolute atomic E-state index is 0. The molecular weight excluding hydrogens is 306 g/mol. The Morgan fingerprint density at radius 2 is 1.17 bits per heavy atom. The number of hydrogen-bond donors (Lipinski definition) is 2. The quantitative estimate of drug-likeness (QED) is 0.636. The van der Waals surface area contributed by atoms with Gasteiger partial charge in [-0.1, -0.05) is 0 Å². The summed E-state index contributed by atoms with van der Waals surface area (Å²) in [6, 6.07) is 0. The molecule has 38 valence electrons. The molecule has 0 aromatic heterocycles. The van der Waals surface area contributed by atoms with E-state index in [0.717, 1.165) is 0 Å². The molecule has 0 saturated heterocycles. The van der Waals surface area contributed by atoms with Crippen LogP contribution in [0.4, 0.5) is 0 Å². The molecule has 0 spiro atoms. The van der Waals surface area contributed by atoms with E-state index in [4.69, 9.17) is 10.2 Å². The van der Waals surface area contributed by atoms with Crippen molar-refractivity contribution in [2.24, 2.45) is 0 Å². The molecule has 0 heterocycles. The summed E-state index contributed by atoms with van der Waals surface area (Å²) in [5.74, 6) is 0. The zero-order valence-electron chi connectivity index (χ0n) is 3.81. The minimum Gasteiger partial charge on any atom is -0.394 e. The molecule has 0 aliphatic rings. The molecule has 6 heavy (non-hydrogen) atoms. The van der Waals surface area contributed by atoms with Gasteiger partial charge >= 0.3 is 0 Å². The van der Waals surface area contributed by atoms with Gasteiger partial charge in [0.2, 0.25) is 0 Å². The number of hydrogen-bond acceptors (Lipinski definition) is 2. The summed E-state index contributed by atoms with van der Waals surface area (Å²) in [6.07, 6.45) is 0. The van der Waals surface area contributed by atoms with Crippen LogP contribution in [0.5, 0.6) is 0 Å². The second-order valence-corrected chi connectivity index (χ2v) is 0.447. The Balaban J connectivity index is -0.0000000450. The first kappa shape index (κ1) is 15.8. The van der Waals surface area contributed by atoms with Crippen molar-refractivity contribution < 1.29 is 41.3 Å². The molecule has 0 bridgehead atoms. The molecule has 0 aromatic rings. The largest absolute Gasteiger partial charge is 0.394 e. The Hall–Kier alpha value is 0.972. The molecule has 2 N–H and O–H groups in total. The van der Waals surface area contributed by atoms with Gasteiger partial charge in [-0.05, 0) is 0 Å². The summed E-state index contributed by atoms with van der Waals surface area (Å²) in [6.45, 7) is -0.250. The maximum absolute atomic E-state index is 7.62. The first-order chi connectivity index (χ1) is 1.91. The Bertz CT molecular complexity index is 10.8. The zero-order chi connectivity index (χ0) is 3.41. The second-order valence-electron chi connectivity index (χ2n) is 0.447. The predicted octanol–water partition coefficient (Wildman–Crippen LogP) is -0.579. The molecule has 0 unspecified atom stereocenters. The summed E-state index contributed by atoms with van der Waals surface area (Å²) in [5, 5.41) is 15.2. The zero-order valence-corrected chi connectivity index (χ0v) is 7.97. The maximum Gasteiger partial charge on any atom is 0.0662 e. The topological polar surface area (TPSA) is 40.5 Å². The Kier molecular flexibility index (Phi) is 43.9. The van der Waals surface area contributed by atoms with Crippen LogP contribution in [0.15, 0.2) is 0 Å². The van der Waals surface area contributed by atoms with Crippen molar-refractivity contribution in [3.63, 3.8) is 0 Å². The van der Waals surface area contributed by atoms with Crippen molar-refractivity contribution in [3.8, 4) is 0 Å². The fraction of sp³-hybridized carbons (Fsp3) is 0.667. The molecule has 0 atom stereocenters. The van der Waals surface area contributed by atoms with Gasteiger partial charge in [0.25, 0.3) is 0 Å². The molecule has 0 fully saturated rings. The van der Waals surface area contributed by atoms with Gasteiger partial charge in [0.1, 0.15) is 0 Å². The minimum atomic E-state index is -0.125. The third-order valence-electron chi connectivity index (χ3n) is 0.1000.